The van der Waals surface area contributed by atoms with Crippen LogP contribution >= 0.6 is 0 Å². The molecule has 0 aromatic heterocycles. The summed E-state index contributed by atoms with van der Waals surface area (Å²) in [5.74, 6) is 1.08. The van der Waals surface area contributed by atoms with Crippen LogP contribution in [-0.4, -0.2) is 36.2 Å². The standard InChI is InChI=1S/C10H21NO/c1-9(2)10(8-12)7-11-5-3-4-6-11/h9-10,12H,3-8H2,1-2H3. The molecule has 1 N–H and O–H groups in total. The summed E-state index contributed by atoms with van der Waals surface area (Å²) in [5.41, 5.74) is 0. The molecule has 0 aromatic carbocycles. The number of likely N-dealkylation sites (tertiary alicyclic amines) is 1. The molecule has 2 nitrogen and oxygen atoms in total. The molecule has 72 valence electrons. The molecule has 1 fully saturated rings. The van der Waals surface area contributed by atoms with Crippen molar-refractivity contribution in [3.63, 3.8) is 0 Å². The third kappa shape index (κ3) is 2.76. The van der Waals surface area contributed by atoms with E-state index in [4.69, 9.17) is 5.11 Å². The van der Waals surface area contributed by atoms with Gasteiger partial charge in [-0.2, -0.15) is 0 Å². The van der Waals surface area contributed by atoms with Gasteiger partial charge in [0.15, 0.2) is 0 Å². The lowest BCUT2D eigenvalue weighted by Crippen LogP contribution is -2.31. The van der Waals surface area contributed by atoms with Gasteiger partial charge in [-0.1, -0.05) is 13.8 Å². The summed E-state index contributed by atoms with van der Waals surface area (Å²) in [7, 11) is 0. The molecule has 0 spiro atoms. The summed E-state index contributed by atoms with van der Waals surface area (Å²) < 4.78 is 0. The molecule has 0 amide bonds. The Morgan fingerprint density at radius 1 is 1.25 bits per heavy atom. The van der Waals surface area contributed by atoms with Crippen molar-refractivity contribution >= 4 is 0 Å². The molecule has 0 saturated carbocycles. The number of aliphatic hydroxyl groups excluding tert-OH is 1. The summed E-state index contributed by atoms with van der Waals surface area (Å²) in [6.07, 6.45) is 2.69. The summed E-state index contributed by atoms with van der Waals surface area (Å²) in [6.45, 7) is 8.29. The van der Waals surface area contributed by atoms with Gasteiger partial charge in [0.25, 0.3) is 0 Å². The number of hydrogen-bond donors (Lipinski definition) is 1. The molecule has 1 aliphatic heterocycles. The van der Waals surface area contributed by atoms with Crippen LogP contribution in [0.15, 0.2) is 0 Å². The maximum Gasteiger partial charge on any atom is 0.0473 e. The van der Waals surface area contributed by atoms with Gasteiger partial charge >= 0.3 is 0 Å². The summed E-state index contributed by atoms with van der Waals surface area (Å²) in [4.78, 5) is 2.47. The monoisotopic (exact) mass is 171 g/mol. The number of rotatable bonds is 4. The van der Waals surface area contributed by atoms with Gasteiger partial charge in [-0.25, -0.2) is 0 Å². The van der Waals surface area contributed by atoms with E-state index in [1.807, 2.05) is 0 Å². The van der Waals surface area contributed by atoms with Crippen molar-refractivity contribution in [3.05, 3.63) is 0 Å². The van der Waals surface area contributed by atoms with Crippen LogP contribution in [0.4, 0.5) is 0 Å². The van der Waals surface area contributed by atoms with Gasteiger partial charge < -0.3 is 10.0 Å². The first kappa shape index (κ1) is 10.0. The van der Waals surface area contributed by atoms with Gasteiger partial charge in [0.1, 0.15) is 0 Å². The highest BCUT2D eigenvalue weighted by Gasteiger charge is 2.18. The van der Waals surface area contributed by atoms with Crippen molar-refractivity contribution in [2.24, 2.45) is 11.8 Å². The van der Waals surface area contributed by atoms with Gasteiger partial charge in [-0.3, -0.25) is 0 Å². The second kappa shape index (κ2) is 4.83. The second-order valence-electron chi connectivity index (χ2n) is 4.19. The zero-order valence-corrected chi connectivity index (χ0v) is 8.29. The minimum atomic E-state index is 0.341. The van der Waals surface area contributed by atoms with E-state index in [1.54, 1.807) is 0 Å². The Labute approximate surface area is 75.6 Å². The number of aliphatic hydroxyl groups is 1. The Morgan fingerprint density at radius 2 is 1.83 bits per heavy atom. The molecule has 0 aromatic rings. The molecule has 0 bridgehead atoms. The highest BCUT2D eigenvalue weighted by molar-refractivity contribution is 4.72. The lowest BCUT2D eigenvalue weighted by Gasteiger charge is -2.24. The van der Waals surface area contributed by atoms with Crippen LogP contribution in [-0.2, 0) is 0 Å². The first-order chi connectivity index (χ1) is 5.74. The van der Waals surface area contributed by atoms with Crippen LogP contribution in [0.25, 0.3) is 0 Å². The van der Waals surface area contributed by atoms with E-state index in [2.05, 4.69) is 18.7 Å². The molecular formula is C10H21NO. The van der Waals surface area contributed by atoms with Crippen molar-refractivity contribution in [1.82, 2.24) is 4.90 Å². The van der Waals surface area contributed by atoms with Crippen LogP contribution in [0.5, 0.6) is 0 Å². The molecule has 1 aliphatic rings. The average Bonchev–Trinajstić information content (AvgIpc) is 2.51. The van der Waals surface area contributed by atoms with E-state index >= 15 is 0 Å². The fraction of sp³-hybridized carbons (Fsp3) is 1.00. The molecular weight excluding hydrogens is 150 g/mol. The Balaban J connectivity index is 2.26. The summed E-state index contributed by atoms with van der Waals surface area (Å²) in [6, 6.07) is 0. The Kier molecular flexibility index (Phi) is 4.02. The van der Waals surface area contributed by atoms with Crippen molar-refractivity contribution in [2.75, 3.05) is 26.2 Å². The molecule has 12 heavy (non-hydrogen) atoms. The molecule has 1 atom stereocenters. The van der Waals surface area contributed by atoms with Crippen molar-refractivity contribution < 1.29 is 5.11 Å². The van der Waals surface area contributed by atoms with Crippen molar-refractivity contribution in [3.8, 4) is 0 Å². The lowest BCUT2D eigenvalue weighted by atomic mass is 9.96. The maximum atomic E-state index is 9.13. The summed E-state index contributed by atoms with van der Waals surface area (Å²) >= 11 is 0. The highest BCUT2D eigenvalue weighted by atomic mass is 16.3. The number of hydrogen-bond acceptors (Lipinski definition) is 2. The molecule has 1 unspecified atom stereocenters. The van der Waals surface area contributed by atoms with Gasteiger partial charge in [0.2, 0.25) is 0 Å². The first-order valence-electron chi connectivity index (χ1n) is 5.07. The second-order valence-corrected chi connectivity index (χ2v) is 4.19. The van der Waals surface area contributed by atoms with Gasteiger partial charge in [-0.05, 0) is 37.8 Å². The van der Waals surface area contributed by atoms with Crippen LogP contribution < -0.4 is 0 Å². The van der Waals surface area contributed by atoms with E-state index in [-0.39, 0.29) is 0 Å². The Bertz CT molecular complexity index is 119. The predicted molar refractivity (Wildman–Crippen MR) is 51.1 cm³/mol. The molecule has 1 heterocycles. The van der Waals surface area contributed by atoms with Crippen molar-refractivity contribution in [1.29, 1.82) is 0 Å². The molecule has 0 radical (unpaired) electrons. The number of nitrogens with zero attached hydrogens (tertiary/aromatic N) is 1. The van der Waals surface area contributed by atoms with Crippen LogP contribution in [0.1, 0.15) is 26.7 Å². The third-order valence-electron chi connectivity index (χ3n) is 2.87. The lowest BCUT2D eigenvalue weighted by molar-refractivity contribution is 0.146. The third-order valence-corrected chi connectivity index (χ3v) is 2.87. The van der Waals surface area contributed by atoms with Gasteiger partial charge in [0.05, 0.1) is 0 Å². The normalized spacial score (nSPS) is 22.0. The Hall–Kier alpha value is -0.0800. The molecule has 0 aliphatic carbocycles. The molecule has 1 saturated heterocycles. The van der Waals surface area contributed by atoms with E-state index in [0.29, 0.717) is 18.4 Å². The van der Waals surface area contributed by atoms with Crippen LogP contribution in [0.3, 0.4) is 0 Å². The van der Waals surface area contributed by atoms with Crippen molar-refractivity contribution in [2.45, 2.75) is 26.7 Å². The molecule has 1 rings (SSSR count). The zero-order chi connectivity index (χ0) is 8.97. The topological polar surface area (TPSA) is 23.5 Å². The fourth-order valence-corrected chi connectivity index (χ4v) is 1.78. The average molecular weight is 171 g/mol. The van der Waals surface area contributed by atoms with E-state index in [0.717, 1.165) is 6.54 Å². The minimum absolute atomic E-state index is 0.341. The Morgan fingerprint density at radius 3 is 2.25 bits per heavy atom. The fourth-order valence-electron chi connectivity index (χ4n) is 1.78. The molecule has 2 heteroatoms. The summed E-state index contributed by atoms with van der Waals surface area (Å²) in [5, 5.41) is 9.13. The SMILES string of the molecule is CC(C)C(CO)CN1CCCC1. The van der Waals surface area contributed by atoms with Crippen LogP contribution in [0, 0.1) is 11.8 Å². The quantitative estimate of drug-likeness (QED) is 0.690. The maximum absolute atomic E-state index is 9.13. The van der Waals surface area contributed by atoms with E-state index in [9.17, 15) is 0 Å². The van der Waals surface area contributed by atoms with Gasteiger partial charge in [-0.15, -0.1) is 0 Å². The highest BCUT2D eigenvalue weighted by Crippen LogP contribution is 2.15. The van der Waals surface area contributed by atoms with E-state index in [1.165, 1.54) is 25.9 Å². The first-order valence-corrected chi connectivity index (χ1v) is 5.07. The van der Waals surface area contributed by atoms with Gasteiger partial charge in [0, 0.05) is 13.2 Å². The van der Waals surface area contributed by atoms with Crippen LogP contribution in [0.2, 0.25) is 0 Å². The largest absolute Gasteiger partial charge is 0.396 e. The minimum Gasteiger partial charge on any atom is -0.396 e. The van der Waals surface area contributed by atoms with E-state index < -0.39 is 0 Å². The smallest absolute Gasteiger partial charge is 0.0473 e. The predicted octanol–water partition coefficient (Wildman–Crippen LogP) is 1.35. The zero-order valence-electron chi connectivity index (χ0n) is 8.29.